The van der Waals surface area contributed by atoms with Crippen molar-refractivity contribution in [3.05, 3.63) is 0 Å². The summed E-state index contributed by atoms with van der Waals surface area (Å²) in [5.41, 5.74) is 0.230. The van der Waals surface area contributed by atoms with Crippen molar-refractivity contribution in [2.75, 3.05) is 19.6 Å². The summed E-state index contributed by atoms with van der Waals surface area (Å²) in [6.07, 6.45) is 1.78. The van der Waals surface area contributed by atoms with Gasteiger partial charge in [-0.1, -0.05) is 20.8 Å². The van der Waals surface area contributed by atoms with Crippen molar-refractivity contribution < 1.29 is 4.79 Å². The van der Waals surface area contributed by atoms with Crippen molar-refractivity contribution in [3.63, 3.8) is 0 Å². The van der Waals surface area contributed by atoms with E-state index in [0.717, 1.165) is 26.1 Å². The van der Waals surface area contributed by atoms with Gasteiger partial charge in [0.15, 0.2) is 0 Å². The molecule has 0 atom stereocenters. The van der Waals surface area contributed by atoms with Gasteiger partial charge in [-0.05, 0) is 30.8 Å². The topological polar surface area (TPSA) is 41.1 Å². The maximum atomic E-state index is 11.5. The van der Waals surface area contributed by atoms with Gasteiger partial charge in [0.1, 0.15) is 0 Å². The summed E-state index contributed by atoms with van der Waals surface area (Å²) >= 11 is 0. The van der Waals surface area contributed by atoms with E-state index in [2.05, 4.69) is 31.4 Å². The molecule has 1 amide bonds. The van der Waals surface area contributed by atoms with Crippen LogP contribution in [0.25, 0.3) is 0 Å². The first-order valence-electron chi connectivity index (χ1n) is 5.51. The molecule has 0 radical (unpaired) electrons. The molecule has 2 N–H and O–H groups in total. The Kier molecular flexibility index (Phi) is 3.93. The maximum absolute atomic E-state index is 11.5. The van der Waals surface area contributed by atoms with E-state index < -0.39 is 0 Å². The van der Waals surface area contributed by atoms with Gasteiger partial charge in [-0.2, -0.15) is 0 Å². The molecule has 1 saturated heterocycles. The molecule has 0 saturated carbocycles. The van der Waals surface area contributed by atoms with Crippen LogP contribution in [0.1, 0.15) is 33.6 Å². The minimum absolute atomic E-state index is 0.207. The normalized spacial score (nSPS) is 17.6. The summed E-state index contributed by atoms with van der Waals surface area (Å²) in [6.45, 7) is 9.32. The van der Waals surface area contributed by atoms with Crippen molar-refractivity contribution in [3.8, 4) is 0 Å². The molecule has 0 unspecified atom stereocenters. The molecule has 3 nitrogen and oxygen atoms in total. The van der Waals surface area contributed by atoms with E-state index in [1.165, 1.54) is 0 Å². The molecule has 0 aromatic heterocycles. The first-order valence-corrected chi connectivity index (χ1v) is 5.51. The van der Waals surface area contributed by atoms with Crippen LogP contribution in [0.4, 0.5) is 0 Å². The molecule has 1 heterocycles. The number of hydrogen-bond acceptors (Lipinski definition) is 2. The fourth-order valence-electron chi connectivity index (χ4n) is 1.29. The molecular formula is C11H22N2O. The van der Waals surface area contributed by atoms with Gasteiger partial charge < -0.3 is 10.6 Å². The van der Waals surface area contributed by atoms with Crippen LogP contribution < -0.4 is 10.6 Å². The Hall–Kier alpha value is -0.570. The van der Waals surface area contributed by atoms with Crippen LogP contribution >= 0.6 is 0 Å². The van der Waals surface area contributed by atoms with Gasteiger partial charge in [-0.25, -0.2) is 0 Å². The lowest BCUT2D eigenvalue weighted by molar-refractivity contribution is -0.122. The van der Waals surface area contributed by atoms with Crippen molar-refractivity contribution in [1.29, 1.82) is 0 Å². The number of carbonyl (C=O) groups excluding carboxylic acids is 1. The lowest BCUT2D eigenvalue weighted by Gasteiger charge is -2.28. The van der Waals surface area contributed by atoms with E-state index in [1.807, 2.05) is 0 Å². The SMILES string of the molecule is CCC(C)(C)CNC(=O)CC1CNC1. The molecule has 0 aromatic carbocycles. The molecule has 1 aliphatic heterocycles. The minimum atomic E-state index is 0.207. The standard InChI is InChI=1S/C11H22N2O/c1-4-11(2,3)8-13-10(14)5-9-6-12-7-9/h9,12H,4-8H2,1-3H3,(H,13,14). The van der Waals surface area contributed by atoms with E-state index in [0.29, 0.717) is 12.3 Å². The van der Waals surface area contributed by atoms with Crippen LogP contribution in [0.5, 0.6) is 0 Å². The van der Waals surface area contributed by atoms with Gasteiger partial charge in [0.2, 0.25) is 5.91 Å². The quantitative estimate of drug-likeness (QED) is 0.696. The molecule has 1 aliphatic rings. The first-order chi connectivity index (χ1) is 6.53. The maximum Gasteiger partial charge on any atom is 0.220 e. The Morgan fingerprint density at radius 1 is 1.50 bits per heavy atom. The Labute approximate surface area is 86.6 Å². The van der Waals surface area contributed by atoms with Gasteiger partial charge in [-0.3, -0.25) is 4.79 Å². The number of hydrogen-bond donors (Lipinski definition) is 2. The van der Waals surface area contributed by atoms with Gasteiger partial charge in [0, 0.05) is 13.0 Å². The number of carbonyl (C=O) groups is 1. The lowest BCUT2D eigenvalue weighted by Crippen LogP contribution is -2.45. The molecular weight excluding hydrogens is 176 g/mol. The third-order valence-electron chi connectivity index (χ3n) is 3.06. The smallest absolute Gasteiger partial charge is 0.220 e. The zero-order valence-corrected chi connectivity index (χ0v) is 9.52. The molecule has 0 bridgehead atoms. The zero-order valence-electron chi connectivity index (χ0n) is 9.52. The minimum Gasteiger partial charge on any atom is -0.356 e. The van der Waals surface area contributed by atoms with E-state index >= 15 is 0 Å². The molecule has 1 fully saturated rings. The largest absolute Gasteiger partial charge is 0.356 e. The van der Waals surface area contributed by atoms with Crippen LogP contribution in [0, 0.1) is 11.3 Å². The summed E-state index contributed by atoms with van der Waals surface area (Å²) in [6, 6.07) is 0. The van der Waals surface area contributed by atoms with E-state index in [4.69, 9.17) is 0 Å². The fraction of sp³-hybridized carbons (Fsp3) is 0.909. The molecule has 82 valence electrons. The summed E-state index contributed by atoms with van der Waals surface area (Å²) in [4.78, 5) is 11.5. The van der Waals surface area contributed by atoms with Gasteiger partial charge >= 0.3 is 0 Å². The highest BCUT2D eigenvalue weighted by molar-refractivity contribution is 5.76. The summed E-state index contributed by atoms with van der Waals surface area (Å²) in [7, 11) is 0. The average molecular weight is 198 g/mol. The third-order valence-corrected chi connectivity index (χ3v) is 3.06. The monoisotopic (exact) mass is 198 g/mol. The average Bonchev–Trinajstić information content (AvgIpc) is 2.08. The van der Waals surface area contributed by atoms with E-state index in [-0.39, 0.29) is 11.3 Å². The van der Waals surface area contributed by atoms with Crippen molar-refractivity contribution in [1.82, 2.24) is 10.6 Å². The summed E-state index contributed by atoms with van der Waals surface area (Å²) in [5.74, 6) is 0.776. The molecule has 3 heteroatoms. The number of rotatable bonds is 5. The molecule has 0 aliphatic carbocycles. The Morgan fingerprint density at radius 2 is 2.14 bits per heavy atom. The highest BCUT2D eigenvalue weighted by atomic mass is 16.1. The first kappa shape index (κ1) is 11.5. The van der Waals surface area contributed by atoms with E-state index in [1.54, 1.807) is 0 Å². The highest BCUT2D eigenvalue weighted by Gasteiger charge is 2.21. The van der Waals surface area contributed by atoms with Crippen LogP contribution in [-0.2, 0) is 4.79 Å². The Balaban J connectivity index is 2.13. The molecule has 0 spiro atoms. The second kappa shape index (κ2) is 4.78. The second-order valence-corrected chi connectivity index (χ2v) is 5.02. The summed E-state index contributed by atoms with van der Waals surface area (Å²) in [5, 5.41) is 6.18. The van der Waals surface area contributed by atoms with E-state index in [9.17, 15) is 4.79 Å². The van der Waals surface area contributed by atoms with Crippen LogP contribution in [-0.4, -0.2) is 25.5 Å². The van der Waals surface area contributed by atoms with Crippen molar-refractivity contribution in [2.45, 2.75) is 33.6 Å². The summed E-state index contributed by atoms with van der Waals surface area (Å²) < 4.78 is 0. The third kappa shape index (κ3) is 3.66. The number of nitrogens with one attached hydrogen (secondary N) is 2. The second-order valence-electron chi connectivity index (χ2n) is 5.02. The highest BCUT2D eigenvalue weighted by Crippen LogP contribution is 2.18. The van der Waals surface area contributed by atoms with Gasteiger partial charge in [0.25, 0.3) is 0 Å². The predicted molar refractivity (Wildman–Crippen MR) is 58.1 cm³/mol. The predicted octanol–water partition coefficient (Wildman–Crippen LogP) is 1.15. The van der Waals surface area contributed by atoms with Gasteiger partial charge in [0.05, 0.1) is 0 Å². The zero-order chi connectivity index (χ0) is 10.6. The molecule has 1 rings (SSSR count). The Morgan fingerprint density at radius 3 is 2.57 bits per heavy atom. The van der Waals surface area contributed by atoms with Crippen molar-refractivity contribution in [2.24, 2.45) is 11.3 Å². The van der Waals surface area contributed by atoms with Crippen LogP contribution in [0.15, 0.2) is 0 Å². The molecule has 14 heavy (non-hydrogen) atoms. The van der Waals surface area contributed by atoms with Crippen LogP contribution in [0.3, 0.4) is 0 Å². The fourth-order valence-corrected chi connectivity index (χ4v) is 1.29. The van der Waals surface area contributed by atoms with Gasteiger partial charge in [-0.15, -0.1) is 0 Å². The van der Waals surface area contributed by atoms with Crippen LogP contribution in [0.2, 0.25) is 0 Å². The van der Waals surface area contributed by atoms with Crippen molar-refractivity contribution >= 4 is 5.91 Å². The molecule has 0 aromatic rings. The Bertz CT molecular complexity index is 197. The number of amides is 1. The lowest BCUT2D eigenvalue weighted by atomic mass is 9.90.